The second-order valence-corrected chi connectivity index (χ2v) is 4.04. The predicted molar refractivity (Wildman–Crippen MR) is 62.5 cm³/mol. The van der Waals surface area contributed by atoms with Crippen LogP contribution in [0, 0.1) is 0 Å². The molecular weight excluding hydrogens is 267 g/mol. The zero-order valence-electron chi connectivity index (χ0n) is 8.88. The molecule has 0 unspecified atom stereocenters. The molecule has 6 heteroatoms. The topological polar surface area (TPSA) is 32.9 Å². The van der Waals surface area contributed by atoms with E-state index in [-0.39, 0.29) is 16.1 Å². The molecule has 2 rings (SSSR count). The minimum Gasteiger partial charge on any atom is -0.328 e. The van der Waals surface area contributed by atoms with Crippen molar-refractivity contribution >= 4 is 11.6 Å². The minimum atomic E-state index is -4.43. The van der Waals surface area contributed by atoms with Crippen molar-refractivity contribution in [1.29, 1.82) is 0 Å². The summed E-state index contributed by atoms with van der Waals surface area (Å²) in [5.74, 6) is 0. The highest BCUT2D eigenvalue weighted by atomic mass is 35.5. The van der Waals surface area contributed by atoms with Crippen LogP contribution in [0.5, 0.6) is 0 Å². The first kappa shape index (κ1) is 12.7. The van der Waals surface area contributed by atoms with Crippen LogP contribution in [0.3, 0.4) is 0 Å². The van der Waals surface area contributed by atoms with Gasteiger partial charge in [-0.3, -0.25) is 4.79 Å². The fourth-order valence-electron chi connectivity index (χ4n) is 1.54. The van der Waals surface area contributed by atoms with Crippen molar-refractivity contribution in [3.8, 4) is 11.1 Å². The van der Waals surface area contributed by atoms with E-state index in [9.17, 15) is 18.0 Å². The van der Waals surface area contributed by atoms with Gasteiger partial charge in [0.15, 0.2) is 0 Å². The second kappa shape index (κ2) is 4.49. The number of aromatic amines is 1. The molecule has 2 aromatic rings. The summed E-state index contributed by atoms with van der Waals surface area (Å²) in [6.07, 6.45) is -3.18. The van der Waals surface area contributed by atoms with Gasteiger partial charge in [0.25, 0.3) is 0 Å². The molecule has 0 saturated heterocycles. The van der Waals surface area contributed by atoms with Crippen LogP contribution < -0.4 is 5.56 Å². The summed E-state index contributed by atoms with van der Waals surface area (Å²) in [5, 5.41) is 0.189. The van der Waals surface area contributed by atoms with Gasteiger partial charge >= 0.3 is 6.18 Å². The molecule has 1 N–H and O–H groups in total. The lowest BCUT2D eigenvalue weighted by molar-refractivity contribution is -0.137. The highest BCUT2D eigenvalue weighted by molar-refractivity contribution is 6.33. The predicted octanol–water partition coefficient (Wildman–Crippen LogP) is 3.71. The van der Waals surface area contributed by atoms with E-state index in [1.54, 1.807) is 0 Å². The van der Waals surface area contributed by atoms with Crippen LogP contribution >= 0.6 is 11.6 Å². The molecule has 0 spiro atoms. The standard InChI is InChI=1S/C12H7ClF3NO/c13-10-6-17-11(18)5-9(10)7-2-1-3-8(4-7)12(14,15)16/h1-6H,(H,17,18). The van der Waals surface area contributed by atoms with Crippen LogP contribution in [0.15, 0.2) is 41.3 Å². The third-order valence-corrected chi connectivity index (χ3v) is 2.69. The fourth-order valence-corrected chi connectivity index (χ4v) is 1.76. The van der Waals surface area contributed by atoms with Crippen LogP contribution in [0.1, 0.15) is 5.56 Å². The Morgan fingerprint density at radius 2 is 1.89 bits per heavy atom. The average Bonchev–Trinajstić information content (AvgIpc) is 2.31. The van der Waals surface area contributed by atoms with Gasteiger partial charge in [0, 0.05) is 17.8 Å². The molecule has 0 amide bonds. The number of hydrogen-bond donors (Lipinski definition) is 1. The first-order valence-corrected chi connectivity index (χ1v) is 5.31. The van der Waals surface area contributed by atoms with E-state index >= 15 is 0 Å². The summed E-state index contributed by atoms with van der Waals surface area (Å²) in [6.45, 7) is 0. The van der Waals surface area contributed by atoms with Crippen LogP contribution in [0.4, 0.5) is 13.2 Å². The first-order chi connectivity index (χ1) is 8.38. The monoisotopic (exact) mass is 273 g/mol. The summed E-state index contributed by atoms with van der Waals surface area (Å²) >= 11 is 5.85. The number of alkyl halides is 3. The number of H-pyrrole nitrogens is 1. The normalized spacial score (nSPS) is 11.6. The van der Waals surface area contributed by atoms with Gasteiger partial charge in [0.2, 0.25) is 5.56 Å². The van der Waals surface area contributed by atoms with Gasteiger partial charge in [-0.25, -0.2) is 0 Å². The first-order valence-electron chi connectivity index (χ1n) is 4.94. The Morgan fingerprint density at radius 3 is 2.56 bits per heavy atom. The summed E-state index contributed by atoms with van der Waals surface area (Å²) < 4.78 is 37.7. The maximum Gasteiger partial charge on any atom is 0.416 e. The third kappa shape index (κ3) is 2.56. The average molecular weight is 274 g/mol. The highest BCUT2D eigenvalue weighted by Crippen LogP contribution is 2.33. The minimum absolute atomic E-state index is 0.189. The summed E-state index contributed by atoms with van der Waals surface area (Å²) in [4.78, 5) is 13.5. The van der Waals surface area contributed by atoms with E-state index < -0.39 is 17.3 Å². The van der Waals surface area contributed by atoms with Crippen LogP contribution in [0.25, 0.3) is 11.1 Å². The summed E-state index contributed by atoms with van der Waals surface area (Å²) in [6, 6.07) is 5.83. The Kier molecular flexibility index (Phi) is 3.17. The zero-order valence-corrected chi connectivity index (χ0v) is 9.64. The molecular formula is C12H7ClF3NO. The molecule has 94 valence electrons. The maximum absolute atomic E-state index is 12.6. The zero-order chi connectivity index (χ0) is 13.3. The van der Waals surface area contributed by atoms with E-state index in [2.05, 4.69) is 4.98 Å². The highest BCUT2D eigenvalue weighted by Gasteiger charge is 2.30. The Labute approximate surface area is 105 Å². The van der Waals surface area contributed by atoms with Crippen molar-refractivity contribution in [3.63, 3.8) is 0 Å². The van der Waals surface area contributed by atoms with Crippen molar-refractivity contribution in [3.05, 3.63) is 57.5 Å². The van der Waals surface area contributed by atoms with Crippen LogP contribution in [0.2, 0.25) is 5.02 Å². The molecule has 1 aromatic heterocycles. The summed E-state index contributed by atoms with van der Waals surface area (Å²) in [5.41, 5.74) is -0.685. The number of nitrogens with one attached hydrogen (secondary N) is 1. The molecule has 1 heterocycles. The SMILES string of the molecule is O=c1cc(-c2cccc(C(F)(F)F)c2)c(Cl)c[nH]1. The molecule has 18 heavy (non-hydrogen) atoms. The molecule has 0 fully saturated rings. The molecule has 0 saturated carbocycles. The van der Waals surface area contributed by atoms with E-state index in [1.165, 1.54) is 18.3 Å². The van der Waals surface area contributed by atoms with E-state index in [4.69, 9.17) is 11.6 Å². The van der Waals surface area contributed by atoms with E-state index in [0.717, 1.165) is 18.2 Å². The van der Waals surface area contributed by atoms with Gasteiger partial charge in [-0.2, -0.15) is 13.2 Å². The van der Waals surface area contributed by atoms with Crippen LogP contribution in [-0.4, -0.2) is 4.98 Å². The Balaban J connectivity index is 2.58. The molecule has 0 aliphatic carbocycles. The van der Waals surface area contributed by atoms with Gasteiger partial charge in [-0.05, 0) is 17.7 Å². The molecule has 0 aliphatic rings. The Hall–Kier alpha value is -1.75. The molecule has 2 nitrogen and oxygen atoms in total. The number of benzene rings is 1. The molecule has 0 aliphatic heterocycles. The quantitative estimate of drug-likeness (QED) is 0.844. The molecule has 0 bridgehead atoms. The van der Waals surface area contributed by atoms with Gasteiger partial charge < -0.3 is 4.98 Å². The van der Waals surface area contributed by atoms with Crippen molar-refractivity contribution in [2.75, 3.05) is 0 Å². The van der Waals surface area contributed by atoms with Crippen molar-refractivity contribution in [1.82, 2.24) is 4.98 Å². The smallest absolute Gasteiger partial charge is 0.328 e. The Morgan fingerprint density at radius 1 is 1.17 bits per heavy atom. The van der Waals surface area contributed by atoms with Crippen molar-refractivity contribution < 1.29 is 13.2 Å². The van der Waals surface area contributed by atoms with Crippen molar-refractivity contribution in [2.24, 2.45) is 0 Å². The van der Waals surface area contributed by atoms with Gasteiger partial charge in [0.05, 0.1) is 10.6 Å². The van der Waals surface area contributed by atoms with Crippen LogP contribution in [-0.2, 0) is 6.18 Å². The molecule has 1 aromatic carbocycles. The van der Waals surface area contributed by atoms with E-state index in [0.29, 0.717) is 0 Å². The third-order valence-electron chi connectivity index (χ3n) is 2.37. The summed E-state index contributed by atoms with van der Waals surface area (Å²) in [7, 11) is 0. The molecule has 0 atom stereocenters. The lowest BCUT2D eigenvalue weighted by Gasteiger charge is -2.09. The number of rotatable bonds is 1. The second-order valence-electron chi connectivity index (χ2n) is 3.64. The van der Waals surface area contributed by atoms with E-state index in [1.807, 2.05) is 0 Å². The maximum atomic E-state index is 12.6. The largest absolute Gasteiger partial charge is 0.416 e. The lowest BCUT2D eigenvalue weighted by atomic mass is 10.0. The van der Waals surface area contributed by atoms with Gasteiger partial charge in [-0.1, -0.05) is 23.7 Å². The fraction of sp³-hybridized carbons (Fsp3) is 0.0833. The molecule has 0 radical (unpaired) electrons. The number of pyridine rings is 1. The van der Waals surface area contributed by atoms with Crippen molar-refractivity contribution in [2.45, 2.75) is 6.18 Å². The Bertz CT molecular complexity index is 634. The van der Waals surface area contributed by atoms with Gasteiger partial charge in [0.1, 0.15) is 0 Å². The number of hydrogen-bond acceptors (Lipinski definition) is 1. The number of halogens is 4. The lowest BCUT2D eigenvalue weighted by Crippen LogP contribution is -2.06. The van der Waals surface area contributed by atoms with Gasteiger partial charge in [-0.15, -0.1) is 0 Å². The number of aromatic nitrogens is 1.